The molecular weight excluding hydrogens is 358 g/mol. The molecular formula is C20H23N5OS. The molecule has 1 saturated heterocycles. The molecule has 1 aliphatic carbocycles. The molecule has 2 aliphatic rings. The van der Waals surface area contributed by atoms with Crippen LogP contribution in [0.5, 0.6) is 0 Å². The van der Waals surface area contributed by atoms with Gasteiger partial charge < -0.3 is 4.90 Å². The molecule has 4 heterocycles. The average Bonchev–Trinajstić information content (AvgIpc) is 3.18. The van der Waals surface area contributed by atoms with E-state index in [1.165, 1.54) is 23.1 Å². The summed E-state index contributed by atoms with van der Waals surface area (Å²) in [6.07, 6.45) is 8.16. The molecule has 0 aromatic carbocycles. The van der Waals surface area contributed by atoms with Gasteiger partial charge in [-0.2, -0.15) is 5.10 Å². The van der Waals surface area contributed by atoms with Gasteiger partial charge in [0.05, 0.1) is 15.9 Å². The van der Waals surface area contributed by atoms with Crippen molar-refractivity contribution in [2.45, 2.75) is 45.1 Å². The van der Waals surface area contributed by atoms with Crippen LogP contribution in [0.4, 0.5) is 5.82 Å². The Bertz CT molecular complexity index is 1020. The lowest BCUT2D eigenvalue weighted by Crippen LogP contribution is -2.37. The number of anilines is 1. The number of aromatic nitrogens is 4. The predicted molar refractivity (Wildman–Crippen MR) is 107 cm³/mol. The first-order chi connectivity index (χ1) is 13.3. The molecule has 140 valence electrons. The van der Waals surface area contributed by atoms with Crippen LogP contribution in [0.1, 0.15) is 36.9 Å². The van der Waals surface area contributed by atoms with Gasteiger partial charge in [-0.3, -0.25) is 4.79 Å². The summed E-state index contributed by atoms with van der Waals surface area (Å²) in [6.45, 7) is 2.67. The standard InChI is InChI=1S/C20H23N5OS/c26-18-11-15-3-1-2-4-16(15)23-25(18)12-14-5-8-24(9-6-14)20-19-17(7-10-27-19)21-13-22-20/h7,10-11,13-14H,1-6,8-9,12H2. The van der Waals surface area contributed by atoms with E-state index >= 15 is 0 Å². The zero-order valence-corrected chi connectivity index (χ0v) is 16.1. The third-order valence-corrected chi connectivity index (χ3v) is 6.74. The normalized spacial score (nSPS) is 18.0. The Morgan fingerprint density at radius 2 is 2.00 bits per heavy atom. The van der Waals surface area contributed by atoms with Gasteiger partial charge >= 0.3 is 0 Å². The van der Waals surface area contributed by atoms with E-state index in [-0.39, 0.29) is 5.56 Å². The number of hydrogen-bond acceptors (Lipinski definition) is 6. The second kappa shape index (κ2) is 7.03. The van der Waals surface area contributed by atoms with Crippen molar-refractivity contribution in [3.63, 3.8) is 0 Å². The van der Waals surface area contributed by atoms with Gasteiger partial charge in [0.15, 0.2) is 0 Å². The van der Waals surface area contributed by atoms with Crippen molar-refractivity contribution in [1.82, 2.24) is 19.7 Å². The molecule has 0 saturated carbocycles. The summed E-state index contributed by atoms with van der Waals surface area (Å²) in [5.41, 5.74) is 3.39. The number of thiophene rings is 1. The van der Waals surface area contributed by atoms with Crippen molar-refractivity contribution in [3.05, 3.63) is 45.5 Å². The fraction of sp³-hybridized carbons (Fsp3) is 0.500. The number of fused-ring (bicyclic) bond motifs is 2. The first-order valence-electron chi connectivity index (χ1n) is 9.81. The Morgan fingerprint density at radius 1 is 1.15 bits per heavy atom. The largest absolute Gasteiger partial charge is 0.355 e. The second-order valence-corrected chi connectivity index (χ2v) is 8.52. The predicted octanol–water partition coefficient (Wildman–Crippen LogP) is 3.04. The van der Waals surface area contributed by atoms with E-state index < -0.39 is 0 Å². The molecule has 7 heteroatoms. The highest BCUT2D eigenvalue weighted by Gasteiger charge is 2.23. The third kappa shape index (κ3) is 3.25. The maximum Gasteiger partial charge on any atom is 0.267 e. The van der Waals surface area contributed by atoms with Crippen LogP contribution in [-0.4, -0.2) is 32.8 Å². The van der Waals surface area contributed by atoms with Gasteiger partial charge in [-0.25, -0.2) is 14.6 Å². The van der Waals surface area contributed by atoms with Gasteiger partial charge in [0.2, 0.25) is 0 Å². The smallest absolute Gasteiger partial charge is 0.267 e. The summed E-state index contributed by atoms with van der Waals surface area (Å²) >= 11 is 1.70. The number of piperidine rings is 1. The Labute approximate surface area is 161 Å². The fourth-order valence-corrected chi connectivity index (χ4v) is 5.17. The molecule has 0 unspecified atom stereocenters. The summed E-state index contributed by atoms with van der Waals surface area (Å²) in [5, 5.41) is 6.76. The molecule has 1 aliphatic heterocycles. The Kier molecular flexibility index (Phi) is 4.39. The van der Waals surface area contributed by atoms with E-state index in [9.17, 15) is 4.79 Å². The monoisotopic (exact) mass is 381 g/mol. The van der Waals surface area contributed by atoms with Crippen molar-refractivity contribution >= 4 is 27.4 Å². The lowest BCUT2D eigenvalue weighted by molar-refractivity contribution is 0.332. The van der Waals surface area contributed by atoms with Gasteiger partial charge in [-0.15, -0.1) is 11.3 Å². The number of nitrogens with zero attached hydrogens (tertiary/aromatic N) is 5. The first kappa shape index (κ1) is 16.9. The van der Waals surface area contributed by atoms with E-state index in [0.717, 1.165) is 62.3 Å². The minimum absolute atomic E-state index is 0.0641. The van der Waals surface area contributed by atoms with Crippen LogP contribution in [0.25, 0.3) is 10.2 Å². The first-order valence-corrected chi connectivity index (χ1v) is 10.7. The molecule has 3 aromatic heterocycles. The van der Waals surface area contributed by atoms with Crippen LogP contribution in [-0.2, 0) is 19.4 Å². The fourth-order valence-electron chi connectivity index (χ4n) is 4.30. The van der Waals surface area contributed by atoms with Gasteiger partial charge in [0, 0.05) is 25.7 Å². The Hall–Kier alpha value is -2.28. The molecule has 5 rings (SSSR count). The van der Waals surface area contributed by atoms with Gasteiger partial charge in [-0.1, -0.05) is 0 Å². The van der Waals surface area contributed by atoms with Crippen LogP contribution in [0.2, 0.25) is 0 Å². The van der Waals surface area contributed by atoms with Crippen LogP contribution in [0, 0.1) is 5.92 Å². The molecule has 0 radical (unpaired) electrons. The van der Waals surface area contributed by atoms with Crippen LogP contribution in [0.3, 0.4) is 0 Å². The average molecular weight is 382 g/mol. The topological polar surface area (TPSA) is 63.9 Å². The Balaban J connectivity index is 1.29. The molecule has 0 bridgehead atoms. The quantitative estimate of drug-likeness (QED) is 0.698. The summed E-state index contributed by atoms with van der Waals surface area (Å²) < 4.78 is 2.88. The second-order valence-electron chi connectivity index (χ2n) is 7.61. The highest BCUT2D eigenvalue weighted by atomic mass is 32.1. The molecule has 3 aromatic rings. The minimum Gasteiger partial charge on any atom is -0.355 e. The summed E-state index contributed by atoms with van der Waals surface area (Å²) in [6, 6.07) is 3.87. The van der Waals surface area contributed by atoms with Crippen molar-refractivity contribution in [2.24, 2.45) is 5.92 Å². The van der Waals surface area contributed by atoms with E-state index in [1.807, 2.05) is 12.1 Å². The van der Waals surface area contributed by atoms with Gasteiger partial charge in [0.25, 0.3) is 5.56 Å². The number of aryl methyl sites for hydroxylation is 2. The van der Waals surface area contributed by atoms with Crippen molar-refractivity contribution in [3.8, 4) is 0 Å². The van der Waals surface area contributed by atoms with E-state index in [4.69, 9.17) is 0 Å². The number of rotatable bonds is 3. The van der Waals surface area contributed by atoms with Crippen molar-refractivity contribution in [2.75, 3.05) is 18.0 Å². The third-order valence-electron chi connectivity index (χ3n) is 5.84. The molecule has 1 fully saturated rings. The molecule has 0 N–H and O–H groups in total. The highest BCUT2D eigenvalue weighted by Crippen LogP contribution is 2.31. The highest BCUT2D eigenvalue weighted by molar-refractivity contribution is 7.17. The molecule has 6 nitrogen and oxygen atoms in total. The maximum atomic E-state index is 12.4. The zero-order valence-electron chi connectivity index (χ0n) is 15.3. The van der Waals surface area contributed by atoms with Crippen LogP contribution >= 0.6 is 11.3 Å². The SMILES string of the molecule is O=c1cc2c(nn1CC1CCN(c3ncnc4ccsc34)CC1)CCCC2. The Morgan fingerprint density at radius 3 is 2.89 bits per heavy atom. The van der Waals surface area contributed by atoms with Crippen molar-refractivity contribution < 1.29 is 0 Å². The molecule has 27 heavy (non-hydrogen) atoms. The molecule has 0 atom stereocenters. The number of hydrogen-bond donors (Lipinski definition) is 0. The summed E-state index contributed by atoms with van der Waals surface area (Å²) in [4.78, 5) is 23.7. The molecule has 0 spiro atoms. The summed E-state index contributed by atoms with van der Waals surface area (Å²) in [5.74, 6) is 1.55. The van der Waals surface area contributed by atoms with E-state index in [0.29, 0.717) is 5.92 Å². The summed E-state index contributed by atoms with van der Waals surface area (Å²) in [7, 11) is 0. The van der Waals surface area contributed by atoms with Gasteiger partial charge in [0.1, 0.15) is 12.1 Å². The minimum atomic E-state index is 0.0641. The van der Waals surface area contributed by atoms with E-state index in [1.54, 1.807) is 22.3 Å². The van der Waals surface area contributed by atoms with E-state index in [2.05, 4.69) is 25.3 Å². The van der Waals surface area contributed by atoms with Crippen molar-refractivity contribution in [1.29, 1.82) is 0 Å². The maximum absolute atomic E-state index is 12.4. The molecule has 0 amide bonds. The zero-order chi connectivity index (χ0) is 18.2. The van der Waals surface area contributed by atoms with Gasteiger partial charge in [-0.05, 0) is 61.5 Å². The van der Waals surface area contributed by atoms with Crippen LogP contribution < -0.4 is 10.5 Å². The van der Waals surface area contributed by atoms with Crippen LogP contribution in [0.15, 0.2) is 28.6 Å². The lowest BCUT2D eigenvalue weighted by atomic mass is 9.96. The lowest BCUT2D eigenvalue weighted by Gasteiger charge is -2.33.